The zero-order valence-corrected chi connectivity index (χ0v) is 8.18. The highest BCUT2D eigenvalue weighted by Crippen LogP contribution is 2.50. The van der Waals surface area contributed by atoms with E-state index in [1.165, 1.54) is 13.2 Å². The molecule has 0 aliphatic heterocycles. The Balaban J connectivity index is 2.61. The zero-order chi connectivity index (χ0) is 11.1. The number of methoxy groups -OCH3 is 1. The largest absolute Gasteiger partial charge is 0.494 e. The van der Waals surface area contributed by atoms with Crippen LogP contribution in [0.5, 0.6) is 5.75 Å². The van der Waals surface area contributed by atoms with Crippen LogP contribution in [0.15, 0.2) is 12.1 Å². The molecular formula is C11H9F2NO. The summed E-state index contributed by atoms with van der Waals surface area (Å²) in [6.45, 7) is 0. The third-order valence-electron chi connectivity index (χ3n) is 2.72. The average molecular weight is 209 g/mol. The smallest absolute Gasteiger partial charge is 0.172 e. The van der Waals surface area contributed by atoms with E-state index in [1.807, 2.05) is 6.07 Å². The molecule has 0 saturated heterocycles. The van der Waals surface area contributed by atoms with Crippen molar-refractivity contribution in [3.63, 3.8) is 0 Å². The molecular weight excluding hydrogens is 200 g/mol. The van der Waals surface area contributed by atoms with Crippen molar-refractivity contribution in [2.45, 2.75) is 18.3 Å². The van der Waals surface area contributed by atoms with Gasteiger partial charge in [0.1, 0.15) is 5.82 Å². The van der Waals surface area contributed by atoms with Crippen molar-refractivity contribution >= 4 is 0 Å². The first-order valence-corrected chi connectivity index (χ1v) is 4.58. The highest BCUT2D eigenvalue weighted by atomic mass is 19.1. The van der Waals surface area contributed by atoms with E-state index in [1.54, 1.807) is 0 Å². The number of nitrogens with zero attached hydrogens (tertiary/aromatic N) is 1. The fourth-order valence-electron chi connectivity index (χ4n) is 1.67. The molecule has 1 aromatic carbocycles. The predicted molar refractivity (Wildman–Crippen MR) is 49.4 cm³/mol. The maximum Gasteiger partial charge on any atom is 0.172 e. The summed E-state index contributed by atoms with van der Waals surface area (Å²) in [6, 6.07) is 4.32. The van der Waals surface area contributed by atoms with Crippen molar-refractivity contribution in [2.75, 3.05) is 7.11 Å². The van der Waals surface area contributed by atoms with Gasteiger partial charge in [0.25, 0.3) is 0 Å². The molecule has 0 spiro atoms. The van der Waals surface area contributed by atoms with Crippen molar-refractivity contribution in [1.29, 1.82) is 5.26 Å². The Bertz CT molecular complexity index is 447. The summed E-state index contributed by atoms with van der Waals surface area (Å²) in [5.74, 6) is -1.45. The fourth-order valence-corrected chi connectivity index (χ4v) is 1.67. The summed E-state index contributed by atoms with van der Waals surface area (Å²) in [4.78, 5) is 0. The van der Waals surface area contributed by atoms with Gasteiger partial charge in [-0.25, -0.2) is 8.78 Å². The predicted octanol–water partition coefficient (Wildman–Crippen LogP) is 2.53. The molecule has 1 saturated carbocycles. The lowest BCUT2D eigenvalue weighted by atomic mass is 9.96. The Morgan fingerprint density at radius 1 is 1.40 bits per heavy atom. The molecule has 0 unspecified atom stereocenters. The molecule has 1 aliphatic rings. The summed E-state index contributed by atoms with van der Waals surface area (Å²) < 4.78 is 31.9. The minimum absolute atomic E-state index is 0.0204. The number of halogens is 2. The monoisotopic (exact) mass is 209 g/mol. The van der Waals surface area contributed by atoms with Crippen molar-refractivity contribution in [3.05, 3.63) is 29.3 Å². The van der Waals surface area contributed by atoms with Crippen LogP contribution in [0, 0.1) is 23.0 Å². The number of hydrogen-bond acceptors (Lipinski definition) is 2. The lowest BCUT2D eigenvalue weighted by molar-refractivity contribution is 0.379. The number of rotatable bonds is 2. The second-order valence-electron chi connectivity index (χ2n) is 3.63. The van der Waals surface area contributed by atoms with E-state index in [0.29, 0.717) is 12.8 Å². The summed E-state index contributed by atoms with van der Waals surface area (Å²) in [5.41, 5.74) is -1.12. The molecule has 78 valence electrons. The first kappa shape index (κ1) is 9.91. The number of nitriles is 1. The molecule has 2 nitrogen and oxygen atoms in total. The molecule has 0 heterocycles. The molecule has 0 amide bonds. The Hall–Kier alpha value is -1.63. The van der Waals surface area contributed by atoms with Gasteiger partial charge in [0.05, 0.1) is 18.6 Å². The zero-order valence-electron chi connectivity index (χ0n) is 8.18. The Morgan fingerprint density at radius 2 is 2.07 bits per heavy atom. The Labute approximate surface area is 86.1 Å². The fraction of sp³-hybridized carbons (Fsp3) is 0.364. The van der Waals surface area contributed by atoms with Crippen LogP contribution in [0.25, 0.3) is 0 Å². The van der Waals surface area contributed by atoms with Crippen LogP contribution in [0.2, 0.25) is 0 Å². The number of benzene rings is 1. The van der Waals surface area contributed by atoms with Crippen LogP contribution in [-0.2, 0) is 5.41 Å². The standard InChI is InChI=1S/C11H9F2NO/c1-15-8-3-2-7(12)9(10(8)13)11(6-14)4-5-11/h2-3H,4-5H2,1H3. The Kier molecular flexibility index (Phi) is 2.11. The maximum atomic E-state index is 13.7. The first-order chi connectivity index (χ1) is 7.14. The second kappa shape index (κ2) is 3.20. The van der Waals surface area contributed by atoms with Crippen LogP contribution in [-0.4, -0.2) is 7.11 Å². The van der Waals surface area contributed by atoms with Gasteiger partial charge < -0.3 is 4.74 Å². The van der Waals surface area contributed by atoms with Crippen molar-refractivity contribution in [1.82, 2.24) is 0 Å². The molecule has 0 bridgehead atoms. The van der Waals surface area contributed by atoms with E-state index >= 15 is 0 Å². The van der Waals surface area contributed by atoms with E-state index in [2.05, 4.69) is 0 Å². The summed E-state index contributed by atoms with van der Waals surface area (Å²) in [7, 11) is 1.31. The van der Waals surface area contributed by atoms with Crippen LogP contribution < -0.4 is 4.74 Å². The van der Waals surface area contributed by atoms with Gasteiger partial charge in [-0.05, 0) is 25.0 Å². The summed E-state index contributed by atoms with van der Waals surface area (Å²) >= 11 is 0. The summed E-state index contributed by atoms with van der Waals surface area (Å²) in [6.07, 6.45) is 1.01. The van der Waals surface area contributed by atoms with Gasteiger partial charge in [0, 0.05) is 5.56 Å². The molecule has 0 atom stereocenters. The topological polar surface area (TPSA) is 33.0 Å². The van der Waals surface area contributed by atoms with Gasteiger partial charge in [-0.15, -0.1) is 0 Å². The molecule has 4 heteroatoms. The van der Waals surface area contributed by atoms with E-state index in [4.69, 9.17) is 10.00 Å². The minimum Gasteiger partial charge on any atom is -0.494 e. The van der Waals surface area contributed by atoms with Crippen LogP contribution in [0.4, 0.5) is 8.78 Å². The molecule has 1 fully saturated rings. The van der Waals surface area contributed by atoms with Crippen LogP contribution >= 0.6 is 0 Å². The quantitative estimate of drug-likeness (QED) is 0.749. The van der Waals surface area contributed by atoms with E-state index in [-0.39, 0.29) is 11.3 Å². The molecule has 1 aliphatic carbocycles. The molecule has 0 radical (unpaired) electrons. The van der Waals surface area contributed by atoms with Gasteiger partial charge in [-0.2, -0.15) is 5.26 Å². The Morgan fingerprint density at radius 3 is 2.53 bits per heavy atom. The molecule has 0 aromatic heterocycles. The van der Waals surface area contributed by atoms with E-state index in [0.717, 1.165) is 6.07 Å². The lowest BCUT2D eigenvalue weighted by Gasteiger charge is -2.11. The molecule has 15 heavy (non-hydrogen) atoms. The van der Waals surface area contributed by atoms with Crippen LogP contribution in [0.1, 0.15) is 18.4 Å². The van der Waals surface area contributed by atoms with Gasteiger partial charge in [-0.1, -0.05) is 0 Å². The van der Waals surface area contributed by atoms with E-state index in [9.17, 15) is 8.78 Å². The molecule has 1 aromatic rings. The normalized spacial score (nSPS) is 16.9. The third-order valence-corrected chi connectivity index (χ3v) is 2.72. The number of ether oxygens (including phenoxy) is 1. The lowest BCUT2D eigenvalue weighted by Crippen LogP contribution is -2.10. The van der Waals surface area contributed by atoms with Gasteiger partial charge in [-0.3, -0.25) is 0 Å². The second-order valence-corrected chi connectivity index (χ2v) is 3.63. The average Bonchev–Trinajstić information content (AvgIpc) is 2.99. The third kappa shape index (κ3) is 1.35. The number of hydrogen-bond donors (Lipinski definition) is 0. The van der Waals surface area contributed by atoms with Crippen molar-refractivity contribution in [3.8, 4) is 11.8 Å². The van der Waals surface area contributed by atoms with Gasteiger partial charge in [0.15, 0.2) is 11.6 Å². The molecule has 2 rings (SSSR count). The first-order valence-electron chi connectivity index (χ1n) is 4.58. The van der Waals surface area contributed by atoms with E-state index < -0.39 is 17.0 Å². The van der Waals surface area contributed by atoms with Crippen molar-refractivity contribution in [2.24, 2.45) is 0 Å². The maximum absolute atomic E-state index is 13.7. The van der Waals surface area contributed by atoms with Gasteiger partial charge in [0.2, 0.25) is 0 Å². The highest BCUT2D eigenvalue weighted by Gasteiger charge is 2.49. The van der Waals surface area contributed by atoms with Crippen LogP contribution in [0.3, 0.4) is 0 Å². The molecule has 0 N–H and O–H groups in total. The minimum atomic E-state index is -0.970. The van der Waals surface area contributed by atoms with Crippen molar-refractivity contribution < 1.29 is 13.5 Å². The SMILES string of the molecule is COc1ccc(F)c(C2(C#N)CC2)c1F. The highest BCUT2D eigenvalue weighted by molar-refractivity contribution is 5.45. The summed E-state index contributed by atoms with van der Waals surface area (Å²) in [5, 5.41) is 8.90. The van der Waals surface area contributed by atoms with Gasteiger partial charge >= 0.3 is 0 Å².